The minimum atomic E-state index is 1.03. The van der Waals surface area contributed by atoms with E-state index in [0.29, 0.717) is 0 Å². The molecule has 0 unspecified atom stereocenters. The largest absolute Gasteiger partial charge is 0.371 e. The zero-order valence-electron chi connectivity index (χ0n) is 10.2. The second kappa shape index (κ2) is 4.52. The Morgan fingerprint density at radius 1 is 1.12 bits per heavy atom. The molecule has 0 amide bonds. The summed E-state index contributed by atoms with van der Waals surface area (Å²) >= 11 is 0. The van der Waals surface area contributed by atoms with Crippen molar-refractivity contribution in [3.8, 4) is 0 Å². The molecule has 1 heterocycles. The van der Waals surface area contributed by atoms with E-state index in [2.05, 4.69) is 48.9 Å². The molecule has 0 atom stereocenters. The SMILES string of the molecule is CCN(CC)c1c(C)cnc2ccccc12. The van der Waals surface area contributed by atoms with Crippen LogP contribution in [0, 0.1) is 6.92 Å². The summed E-state index contributed by atoms with van der Waals surface area (Å²) < 4.78 is 0. The predicted molar refractivity (Wildman–Crippen MR) is 70.0 cm³/mol. The Hall–Kier alpha value is -1.57. The molecule has 2 heteroatoms. The lowest BCUT2D eigenvalue weighted by Gasteiger charge is -2.24. The highest BCUT2D eigenvalue weighted by molar-refractivity contribution is 5.93. The lowest BCUT2D eigenvalue weighted by molar-refractivity contribution is 0.865. The summed E-state index contributed by atoms with van der Waals surface area (Å²) in [7, 11) is 0. The van der Waals surface area contributed by atoms with Crippen LogP contribution in [0.25, 0.3) is 10.9 Å². The minimum Gasteiger partial charge on any atom is -0.371 e. The monoisotopic (exact) mass is 214 g/mol. The Bertz CT molecular complexity index is 487. The molecule has 1 aromatic heterocycles. The summed E-state index contributed by atoms with van der Waals surface area (Å²) in [4.78, 5) is 6.85. The maximum absolute atomic E-state index is 4.47. The van der Waals surface area contributed by atoms with E-state index in [9.17, 15) is 0 Å². The molecule has 0 fully saturated rings. The van der Waals surface area contributed by atoms with Crippen molar-refractivity contribution in [1.82, 2.24) is 4.98 Å². The van der Waals surface area contributed by atoms with Crippen LogP contribution in [0.3, 0.4) is 0 Å². The minimum absolute atomic E-state index is 1.03. The summed E-state index contributed by atoms with van der Waals surface area (Å²) in [5, 5.41) is 1.26. The molecule has 0 spiro atoms. The molecule has 2 rings (SSSR count). The fraction of sp³-hybridized carbons (Fsp3) is 0.357. The average molecular weight is 214 g/mol. The summed E-state index contributed by atoms with van der Waals surface area (Å²) in [5.41, 5.74) is 3.66. The maximum Gasteiger partial charge on any atom is 0.0723 e. The van der Waals surface area contributed by atoms with Crippen molar-refractivity contribution < 1.29 is 0 Å². The zero-order chi connectivity index (χ0) is 11.5. The Kier molecular flexibility index (Phi) is 3.09. The van der Waals surface area contributed by atoms with Gasteiger partial charge in [0, 0.05) is 24.7 Å². The van der Waals surface area contributed by atoms with Crippen LogP contribution in [0.1, 0.15) is 19.4 Å². The van der Waals surface area contributed by atoms with Gasteiger partial charge in [-0.15, -0.1) is 0 Å². The van der Waals surface area contributed by atoms with Crippen LogP contribution in [0.5, 0.6) is 0 Å². The van der Waals surface area contributed by atoms with Crippen LogP contribution < -0.4 is 4.90 Å². The van der Waals surface area contributed by atoms with Crippen LogP contribution >= 0.6 is 0 Å². The van der Waals surface area contributed by atoms with Crippen LogP contribution in [0.15, 0.2) is 30.5 Å². The number of hydrogen-bond acceptors (Lipinski definition) is 2. The summed E-state index contributed by atoms with van der Waals surface area (Å²) in [5.74, 6) is 0. The number of fused-ring (bicyclic) bond motifs is 1. The van der Waals surface area contributed by atoms with Gasteiger partial charge in [-0.05, 0) is 32.4 Å². The van der Waals surface area contributed by atoms with Crippen molar-refractivity contribution in [1.29, 1.82) is 0 Å². The van der Waals surface area contributed by atoms with E-state index in [1.165, 1.54) is 16.6 Å². The Labute approximate surface area is 96.9 Å². The molecule has 84 valence electrons. The van der Waals surface area contributed by atoms with E-state index in [4.69, 9.17) is 0 Å². The maximum atomic E-state index is 4.47. The van der Waals surface area contributed by atoms with Gasteiger partial charge in [-0.25, -0.2) is 0 Å². The molecule has 1 aromatic carbocycles. The van der Waals surface area contributed by atoms with Gasteiger partial charge in [0.05, 0.1) is 11.2 Å². The van der Waals surface area contributed by atoms with Gasteiger partial charge < -0.3 is 4.90 Å². The van der Waals surface area contributed by atoms with E-state index in [-0.39, 0.29) is 0 Å². The number of aromatic nitrogens is 1. The Balaban J connectivity index is 2.69. The standard InChI is InChI=1S/C14H18N2/c1-4-16(5-2)14-11(3)10-15-13-9-7-6-8-12(13)14/h6-10H,4-5H2,1-3H3. The van der Waals surface area contributed by atoms with Gasteiger partial charge in [-0.3, -0.25) is 4.98 Å². The predicted octanol–water partition coefficient (Wildman–Crippen LogP) is 3.39. The number of rotatable bonds is 3. The van der Waals surface area contributed by atoms with Crippen molar-refractivity contribution in [3.05, 3.63) is 36.0 Å². The molecule has 0 aliphatic rings. The number of para-hydroxylation sites is 1. The summed E-state index contributed by atoms with van der Waals surface area (Å²) in [6, 6.07) is 8.35. The van der Waals surface area contributed by atoms with Crippen molar-refractivity contribution in [2.24, 2.45) is 0 Å². The Morgan fingerprint density at radius 3 is 2.50 bits per heavy atom. The van der Waals surface area contributed by atoms with Gasteiger partial charge in [0.1, 0.15) is 0 Å². The smallest absolute Gasteiger partial charge is 0.0723 e. The number of hydrogen-bond donors (Lipinski definition) is 0. The lowest BCUT2D eigenvalue weighted by atomic mass is 10.1. The van der Waals surface area contributed by atoms with Crippen LogP contribution in [0.4, 0.5) is 5.69 Å². The van der Waals surface area contributed by atoms with Crippen LogP contribution in [-0.2, 0) is 0 Å². The quantitative estimate of drug-likeness (QED) is 0.778. The van der Waals surface area contributed by atoms with Gasteiger partial charge >= 0.3 is 0 Å². The summed E-state index contributed by atoms with van der Waals surface area (Å²) in [6.45, 7) is 8.58. The third kappa shape index (κ3) is 1.75. The molecular weight excluding hydrogens is 196 g/mol. The second-order valence-electron chi connectivity index (χ2n) is 3.98. The highest BCUT2D eigenvalue weighted by atomic mass is 15.1. The first-order valence-corrected chi connectivity index (χ1v) is 5.87. The molecule has 0 aliphatic heterocycles. The molecule has 0 bridgehead atoms. The van der Waals surface area contributed by atoms with E-state index < -0.39 is 0 Å². The van der Waals surface area contributed by atoms with Crippen molar-refractivity contribution in [3.63, 3.8) is 0 Å². The van der Waals surface area contributed by atoms with Gasteiger partial charge in [0.15, 0.2) is 0 Å². The molecule has 0 saturated heterocycles. The molecular formula is C14H18N2. The molecule has 0 N–H and O–H groups in total. The summed E-state index contributed by atoms with van der Waals surface area (Å²) in [6.07, 6.45) is 1.97. The first kappa shape index (κ1) is 10.9. The number of nitrogens with zero attached hydrogens (tertiary/aromatic N) is 2. The van der Waals surface area contributed by atoms with Gasteiger partial charge in [0.25, 0.3) is 0 Å². The van der Waals surface area contributed by atoms with E-state index in [1.54, 1.807) is 0 Å². The van der Waals surface area contributed by atoms with E-state index >= 15 is 0 Å². The second-order valence-corrected chi connectivity index (χ2v) is 3.98. The first-order valence-electron chi connectivity index (χ1n) is 5.87. The van der Waals surface area contributed by atoms with Gasteiger partial charge in [-0.1, -0.05) is 18.2 Å². The third-order valence-corrected chi connectivity index (χ3v) is 3.01. The average Bonchev–Trinajstić information content (AvgIpc) is 2.33. The Morgan fingerprint density at radius 2 is 1.81 bits per heavy atom. The van der Waals surface area contributed by atoms with Crippen LogP contribution in [0.2, 0.25) is 0 Å². The number of aryl methyl sites for hydroxylation is 1. The fourth-order valence-corrected chi connectivity index (χ4v) is 2.19. The molecule has 0 saturated carbocycles. The van der Waals surface area contributed by atoms with E-state index in [1.807, 2.05) is 12.3 Å². The molecule has 0 radical (unpaired) electrons. The van der Waals surface area contributed by atoms with Crippen molar-refractivity contribution in [2.75, 3.05) is 18.0 Å². The van der Waals surface area contributed by atoms with Crippen molar-refractivity contribution >= 4 is 16.6 Å². The molecule has 2 aromatic rings. The third-order valence-electron chi connectivity index (χ3n) is 3.01. The fourth-order valence-electron chi connectivity index (χ4n) is 2.19. The van der Waals surface area contributed by atoms with Gasteiger partial charge in [-0.2, -0.15) is 0 Å². The molecule has 16 heavy (non-hydrogen) atoms. The zero-order valence-corrected chi connectivity index (χ0v) is 10.2. The first-order chi connectivity index (χ1) is 7.77. The van der Waals surface area contributed by atoms with Crippen molar-refractivity contribution in [2.45, 2.75) is 20.8 Å². The topological polar surface area (TPSA) is 16.1 Å². The number of benzene rings is 1. The van der Waals surface area contributed by atoms with Gasteiger partial charge in [0.2, 0.25) is 0 Å². The highest BCUT2D eigenvalue weighted by Crippen LogP contribution is 2.28. The van der Waals surface area contributed by atoms with Crippen LogP contribution in [-0.4, -0.2) is 18.1 Å². The molecule has 0 aliphatic carbocycles. The normalized spacial score (nSPS) is 10.7. The highest BCUT2D eigenvalue weighted by Gasteiger charge is 2.10. The lowest BCUT2D eigenvalue weighted by Crippen LogP contribution is -2.23. The number of pyridine rings is 1. The number of anilines is 1. The van der Waals surface area contributed by atoms with E-state index in [0.717, 1.165) is 18.6 Å². The molecule has 2 nitrogen and oxygen atoms in total.